The van der Waals surface area contributed by atoms with Crippen LogP contribution in [0.25, 0.3) is 0 Å². The predicted molar refractivity (Wildman–Crippen MR) is 68.8 cm³/mol. The Bertz CT molecular complexity index is 503. The zero-order valence-electron chi connectivity index (χ0n) is 9.97. The van der Waals surface area contributed by atoms with Crippen LogP contribution in [-0.2, 0) is 17.2 Å². The van der Waals surface area contributed by atoms with Crippen LogP contribution in [0.2, 0.25) is 0 Å². The van der Waals surface area contributed by atoms with E-state index in [-0.39, 0.29) is 0 Å². The van der Waals surface area contributed by atoms with Crippen LogP contribution in [0, 0.1) is 0 Å². The summed E-state index contributed by atoms with van der Waals surface area (Å²) < 4.78 is 10.6. The molecule has 0 radical (unpaired) electrons. The van der Waals surface area contributed by atoms with E-state index in [9.17, 15) is 0 Å². The molecule has 4 nitrogen and oxygen atoms in total. The summed E-state index contributed by atoms with van der Waals surface area (Å²) >= 11 is 5.66. The predicted octanol–water partition coefficient (Wildman–Crippen LogP) is 3.15. The first-order chi connectivity index (χ1) is 8.81. The third-order valence-corrected chi connectivity index (χ3v) is 2.56. The van der Waals surface area contributed by atoms with Gasteiger partial charge >= 0.3 is 6.01 Å². The number of ether oxygens (including phenoxy) is 2. The van der Waals surface area contributed by atoms with Crippen molar-refractivity contribution in [1.29, 1.82) is 0 Å². The van der Waals surface area contributed by atoms with Gasteiger partial charge < -0.3 is 9.47 Å². The lowest BCUT2D eigenvalue weighted by Gasteiger charge is -2.05. The van der Waals surface area contributed by atoms with Gasteiger partial charge in [-0.2, -0.15) is 0 Å². The molecule has 1 aromatic carbocycles. The zero-order chi connectivity index (χ0) is 12.8. The van der Waals surface area contributed by atoms with Gasteiger partial charge in [-0.3, -0.25) is 0 Å². The van der Waals surface area contributed by atoms with Gasteiger partial charge in [0, 0.05) is 25.1 Å². The Morgan fingerprint density at radius 3 is 2.61 bits per heavy atom. The Labute approximate surface area is 111 Å². The Kier molecular flexibility index (Phi) is 4.50. The number of rotatable bonds is 5. The van der Waals surface area contributed by atoms with E-state index in [0.29, 0.717) is 24.2 Å². The maximum atomic E-state index is 5.66. The van der Waals surface area contributed by atoms with Crippen molar-refractivity contribution in [2.24, 2.45) is 0 Å². The fourth-order valence-electron chi connectivity index (χ4n) is 1.44. The maximum absolute atomic E-state index is 5.66. The lowest BCUT2D eigenvalue weighted by molar-refractivity contribution is 0.184. The van der Waals surface area contributed by atoms with Gasteiger partial charge in [-0.25, -0.2) is 9.97 Å². The first-order valence-corrected chi connectivity index (χ1v) is 5.98. The summed E-state index contributed by atoms with van der Waals surface area (Å²) in [7, 11) is 1.65. The lowest BCUT2D eigenvalue weighted by atomic mass is 10.2. The van der Waals surface area contributed by atoms with Crippen LogP contribution in [-0.4, -0.2) is 17.1 Å². The largest absolute Gasteiger partial charge is 0.424 e. The Morgan fingerprint density at radius 2 is 1.94 bits per heavy atom. The number of nitrogens with zero attached hydrogens (tertiary/aromatic N) is 2. The van der Waals surface area contributed by atoms with Crippen molar-refractivity contribution >= 4 is 11.6 Å². The number of hydrogen-bond donors (Lipinski definition) is 0. The minimum Gasteiger partial charge on any atom is -0.424 e. The van der Waals surface area contributed by atoms with Crippen LogP contribution < -0.4 is 4.74 Å². The first-order valence-electron chi connectivity index (χ1n) is 5.44. The average molecular weight is 265 g/mol. The van der Waals surface area contributed by atoms with E-state index >= 15 is 0 Å². The molecule has 0 bridgehead atoms. The van der Waals surface area contributed by atoms with E-state index in [1.54, 1.807) is 19.5 Å². The monoisotopic (exact) mass is 264 g/mol. The van der Waals surface area contributed by atoms with Gasteiger partial charge in [-0.05, 0) is 17.7 Å². The molecule has 18 heavy (non-hydrogen) atoms. The molecule has 1 aromatic heterocycles. The van der Waals surface area contributed by atoms with Crippen molar-refractivity contribution in [3.8, 4) is 11.8 Å². The standard InChI is InChI=1S/C13H13ClN2O2/c1-17-9-10-3-2-4-12(5-10)18-13-15-7-11(6-14)8-16-13/h2-5,7-8H,6,9H2,1H3. The molecule has 0 aliphatic heterocycles. The highest BCUT2D eigenvalue weighted by Gasteiger charge is 2.02. The van der Waals surface area contributed by atoms with Crippen molar-refractivity contribution in [2.45, 2.75) is 12.5 Å². The molecule has 5 heteroatoms. The smallest absolute Gasteiger partial charge is 0.321 e. The Morgan fingerprint density at radius 1 is 1.17 bits per heavy atom. The summed E-state index contributed by atoms with van der Waals surface area (Å²) in [5.41, 5.74) is 1.89. The van der Waals surface area contributed by atoms with Gasteiger partial charge in [0.15, 0.2) is 0 Å². The summed E-state index contributed by atoms with van der Waals surface area (Å²) in [4.78, 5) is 8.14. The number of halogens is 1. The highest BCUT2D eigenvalue weighted by atomic mass is 35.5. The quantitative estimate of drug-likeness (QED) is 0.778. The summed E-state index contributed by atoms with van der Waals surface area (Å²) in [6.45, 7) is 0.545. The summed E-state index contributed by atoms with van der Waals surface area (Å²) in [6.07, 6.45) is 3.29. The molecule has 0 saturated heterocycles. The molecule has 0 amide bonds. The molecule has 94 valence electrons. The van der Waals surface area contributed by atoms with Gasteiger partial charge in [0.2, 0.25) is 0 Å². The van der Waals surface area contributed by atoms with E-state index in [1.165, 1.54) is 0 Å². The highest BCUT2D eigenvalue weighted by Crippen LogP contribution is 2.19. The first kappa shape index (κ1) is 12.8. The second kappa shape index (κ2) is 6.33. The maximum Gasteiger partial charge on any atom is 0.321 e. The molecular formula is C13H13ClN2O2. The van der Waals surface area contributed by atoms with Gasteiger partial charge in [0.05, 0.1) is 12.5 Å². The van der Waals surface area contributed by atoms with E-state index < -0.39 is 0 Å². The number of aromatic nitrogens is 2. The number of hydrogen-bond acceptors (Lipinski definition) is 4. The van der Waals surface area contributed by atoms with Crippen LogP contribution in [0.4, 0.5) is 0 Å². The molecule has 0 aliphatic carbocycles. The van der Waals surface area contributed by atoms with Crippen LogP contribution in [0.5, 0.6) is 11.8 Å². The number of alkyl halides is 1. The molecule has 0 atom stereocenters. The molecule has 0 spiro atoms. The van der Waals surface area contributed by atoms with Crippen LogP contribution in [0.3, 0.4) is 0 Å². The SMILES string of the molecule is COCc1cccc(Oc2ncc(CCl)cn2)c1. The van der Waals surface area contributed by atoms with Gasteiger partial charge in [-0.1, -0.05) is 12.1 Å². The van der Waals surface area contributed by atoms with Crippen molar-refractivity contribution in [3.05, 3.63) is 47.8 Å². The second-order valence-corrected chi connectivity index (χ2v) is 3.96. The third kappa shape index (κ3) is 3.42. The summed E-state index contributed by atoms with van der Waals surface area (Å²) in [6, 6.07) is 7.91. The average Bonchev–Trinajstić information content (AvgIpc) is 2.40. The second-order valence-electron chi connectivity index (χ2n) is 3.69. The highest BCUT2D eigenvalue weighted by molar-refractivity contribution is 6.17. The summed E-state index contributed by atoms with van der Waals surface area (Å²) in [5.74, 6) is 1.08. The van der Waals surface area contributed by atoms with Gasteiger partial charge in [0.1, 0.15) is 5.75 Å². The molecular weight excluding hydrogens is 252 g/mol. The third-order valence-electron chi connectivity index (χ3n) is 2.25. The molecule has 2 aromatic rings. The number of benzene rings is 1. The summed E-state index contributed by atoms with van der Waals surface area (Å²) in [5, 5.41) is 0. The van der Waals surface area contributed by atoms with Crippen molar-refractivity contribution in [2.75, 3.05) is 7.11 Å². The van der Waals surface area contributed by atoms with Crippen LogP contribution >= 0.6 is 11.6 Å². The van der Waals surface area contributed by atoms with Crippen LogP contribution in [0.1, 0.15) is 11.1 Å². The van der Waals surface area contributed by atoms with Gasteiger partial charge in [-0.15, -0.1) is 11.6 Å². The molecule has 2 rings (SSSR count). The normalized spacial score (nSPS) is 10.3. The van der Waals surface area contributed by atoms with E-state index in [2.05, 4.69) is 9.97 Å². The minimum absolute atomic E-state index is 0.304. The Balaban J connectivity index is 2.09. The zero-order valence-corrected chi connectivity index (χ0v) is 10.7. The van der Waals surface area contributed by atoms with Crippen molar-refractivity contribution in [1.82, 2.24) is 9.97 Å². The van der Waals surface area contributed by atoms with E-state index in [1.807, 2.05) is 24.3 Å². The molecule has 1 heterocycles. The van der Waals surface area contributed by atoms with Crippen LogP contribution in [0.15, 0.2) is 36.7 Å². The molecule has 0 saturated carbocycles. The molecule has 0 fully saturated rings. The molecule has 0 unspecified atom stereocenters. The van der Waals surface area contributed by atoms with E-state index in [4.69, 9.17) is 21.1 Å². The fourth-order valence-corrected chi connectivity index (χ4v) is 1.57. The van der Waals surface area contributed by atoms with Crippen molar-refractivity contribution in [3.63, 3.8) is 0 Å². The van der Waals surface area contributed by atoms with E-state index in [0.717, 1.165) is 11.1 Å². The lowest BCUT2D eigenvalue weighted by Crippen LogP contribution is -1.94. The van der Waals surface area contributed by atoms with Crippen molar-refractivity contribution < 1.29 is 9.47 Å². The van der Waals surface area contributed by atoms with Gasteiger partial charge in [0.25, 0.3) is 0 Å². The molecule has 0 N–H and O–H groups in total. The molecule has 0 aliphatic rings. The Hall–Kier alpha value is -1.65. The topological polar surface area (TPSA) is 44.2 Å². The fraction of sp³-hybridized carbons (Fsp3) is 0.231. The minimum atomic E-state index is 0.304. The number of methoxy groups -OCH3 is 1.